The quantitative estimate of drug-likeness (QED) is 0.891. The van der Waals surface area contributed by atoms with E-state index in [2.05, 4.69) is 34.5 Å². The second-order valence-corrected chi connectivity index (χ2v) is 9.33. The number of ether oxygens (including phenoxy) is 1. The summed E-state index contributed by atoms with van der Waals surface area (Å²) >= 11 is 0. The highest BCUT2D eigenvalue weighted by atomic mass is 16.5. The number of nitrogens with zero attached hydrogens (tertiary/aromatic N) is 1. The topological polar surface area (TPSA) is 24.5 Å². The molecule has 1 atom stereocenters. The average molecular weight is 355 g/mol. The Kier molecular flexibility index (Phi) is 4.80. The maximum Gasteiger partial charge on any atom is 0.0471 e. The molecule has 26 heavy (non-hydrogen) atoms. The Morgan fingerprint density at radius 2 is 1.54 bits per heavy atom. The van der Waals surface area contributed by atoms with Gasteiger partial charge < -0.3 is 15.0 Å². The largest absolute Gasteiger partial charge is 0.381 e. The average Bonchev–Trinajstić information content (AvgIpc) is 3.15. The van der Waals surface area contributed by atoms with Crippen molar-refractivity contribution in [2.24, 2.45) is 5.41 Å². The molecule has 1 aromatic rings. The summed E-state index contributed by atoms with van der Waals surface area (Å²) in [5.74, 6) is 1.49. The predicted octanol–water partition coefficient (Wildman–Crippen LogP) is 3.90. The number of benzene rings is 1. The van der Waals surface area contributed by atoms with Gasteiger partial charge in [-0.05, 0) is 86.4 Å². The zero-order valence-electron chi connectivity index (χ0n) is 16.1. The maximum absolute atomic E-state index is 5.60. The Hall–Kier alpha value is -0.900. The smallest absolute Gasteiger partial charge is 0.0471 e. The van der Waals surface area contributed by atoms with Gasteiger partial charge in [-0.25, -0.2) is 0 Å². The summed E-state index contributed by atoms with van der Waals surface area (Å²) in [7, 11) is 0. The second-order valence-electron chi connectivity index (χ2n) is 9.33. The van der Waals surface area contributed by atoms with Crippen LogP contribution in [0.15, 0.2) is 24.3 Å². The molecule has 0 bridgehead atoms. The molecule has 3 saturated heterocycles. The van der Waals surface area contributed by atoms with Gasteiger partial charge in [0, 0.05) is 32.3 Å². The van der Waals surface area contributed by atoms with Crippen LogP contribution in [0.25, 0.3) is 0 Å². The van der Waals surface area contributed by atoms with E-state index < -0.39 is 0 Å². The SMILES string of the molecule is c1ccc(C2CCN(C3CCC4(CNC4)C3)CC2)c(C2CCOCC2)c1. The Bertz CT molecular complexity index is 612. The van der Waals surface area contributed by atoms with E-state index in [1.54, 1.807) is 11.1 Å². The second kappa shape index (κ2) is 7.26. The Labute approximate surface area is 158 Å². The minimum atomic E-state index is 0.678. The monoisotopic (exact) mass is 354 g/mol. The summed E-state index contributed by atoms with van der Waals surface area (Å²) < 4.78 is 5.60. The van der Waals surface area contributed by atoms with Crippen molar-refractivity contribution in [3.63, 3.8) is 0 Å². The van der Waals surface area contributed by atoms with Gasteiger partial charge in [0.25, 0.3) is 0 Å². The number of nitrogens with one attached hydrogen (secondary N) is 1. The molecule has 1 saturated carbocycles. The first kappa shape index (κ1) is 17.2. The lowest BCUT2D eigenvalue weighted by molar-refractivity contribution is 0.0848. The van der Waals surface area contributed by atoms with Crippen LogP contribution in [0.1, 0.15) is 67.9 Å². The first-order valence-electron chi connectivity index (χ1n) is 10.9. The van der Waals surface area contributed by atoms with Crippen LogP contribution in [-0.2, 0) is 4.74 Å². The summed E-state index contributed by atoms with van der Waals surface area (Å²) in [6.07, 6.45) is 9.44. The number of rotatable bonds is 3. The summed E-state index contributed by atoms with van der Waals surface area (Å²) in [5.41, 5.74) is 3.97. The van der Waals surface area contributed by atoms with E-state index in [1.165, 1.54) is 71.1 Å². The lowest BCUT2D eigenvalue weighted by atomic mass is 9.79. The molecule has 3 heterocycles. The Morgan fingerprint density at radius 3 is 2.12 bits per heavy atom. The fourth-order valence-corrected chi connectivity index (χ4v) is 6.13. The Morgan fingerprint density at radius 1 is 0.885 bits per heavy atom. The van der Waals surface area contributed by atoms with Crippen LogP contribution in [0.2, 0.25) is 0 Å². The van der Waals surface area contributed by atoms with Crippen molar-refractivity contribution in [1.29, 1.82) is 0 Å². The maximum atomic E-state index is 5.60. The fraction of sp³-hybridized carbons (Fsp3) is 0.739. The highest BCUT2D eigenvalue weighted by Crippen LogP contribution is 2.44. The van der Waals surface area contributed by atoms with E-state index >= 15 is 0 Å². The van der Waals surface area contributed by atoms with Crippen LogP contribution >= 0.6 is 0 Å². The molecule has 142 valence electrons. The number of hydrogen-bond acceptors (Lipinski definition) is 3. The van der Waals surface area contributed by atoms with Crippen LogP contribution in [-0.4, -0.2) is 50.3 Å². The lowest BCUT2D eigenvalue weighted by Crippen LogP contribution is -2.52. The van der Waals surface area contributed by atoms with Crippen LogP contribution in [0, 0.1) is 5.41 Å². The molecule has 1 unspecified atom stereocenters. The van der Waals surface area contributed by atoms with Crippen LogP contribution < -0.4 is 5.32 Å². The van der Waals surface area contributed by atoms with Gasteiger partial charge in [-0.3, -0.25) is 0 Å². The van der Waals surface area contributed by atoms with Gasteiger partial charge in [-0.1, -0.05) is 24.3 Å². The fourth-order valence-electron chi connectivity index (χ4n) is 6.13. The molecule has 4 aliphatic rings. The third-order valence-electron chi connectivity index (χ3n) is 7.82. The molecule has 3 aliphatic heterocycles. The van der Waals surface area contributed by atoms with Crippen LogP contribution in [0.4, 0.5) is 0 Å². The minimum absolute atomic E-state index is 0.678. The van der Waals surface area contributed by atoms with Gasteiger partial charge >= 0.3 is 0 Å². The van der Waals surface area contributed by atoms with Gasteiger partial charge in [0.2, 0.25) is 0 Å². The molecule has 3 heteroatoms. The van der Waals surface area contributed by atoms with E-state index in [0.717, 1.165) is 31.1 Å². The molecule has 1 N–H and O–H groups in total. The molecular formula is C23H34N2O. The van der Waals surface area contributed by atoms with E-state index in [0.29, 0.717) is 5.41 Å². The van der Waals surface area contributed by atoms with Gasteiger partial charge in [-0.15, -0.1) is 0 Å². The van der Waals surface area contributed by atoms with Crippen molar-refractivity contribution >= 4 is 0 Å². The Balaban J connectivity index is 1.23. The first-order chi connectivity index (χ1) is 12.8. The molecular weight excluding hydrogens is 320 g/mol. The molecule has 0 radical (unpaired) electrons. The lowest BCUT2D eigenvalue weighted by Gasteiger charge is -2.42. The molecule has 5 rings (SSSR count). The third-order valence-corrected chi connectivity index (χ3v) is 7.82. The molecule has 1 aliphatic carbocycles. The number of hydrogen-bond donors (Lipinski definition) is 1. The van der Waals surface area contributed by atoms with Crippen LogP contribution in [0.3, 0.4) is 0 Å². The summed E-state index contributed by atoms with van der Waals surface area (Å²) in [6, 6.07) is 10.2. The van der Waals surface area contributed by atoms with Crippen molar-refractivity contribution in [2.75, 3.05) is 39.4 Å². The molecule has 3 nitrogen and oxygen atoms in total. The summed E-state index contributed by atoms with van der Waals surface area (Å²) in [5, 5.41) is 3.51. The van der Waals surface area contributed by atoms with Gasteiger partial charge in [0.15, 0.2) is 0 Å². The van der Waals surface area contributed by atoms with Gasteiger partial charge in [-0.2, -0.15) is 0 Å². The predicted molar refractivity (Wildman–Crippen MR) is 106 cm³/mol. The highest BCUT2D eigenvalue weighted by Gasteiger charge is 2.45. The van der Waals surface area contributed by atoms with Crippen molar-refractivity contribution in [2.45, 2.75) is 62.8 Å². The van der Waals surface area contributed by atoms with E-state index in [9.17, 15) is 0 Å². The highest BCUT2D eigenvalue weighted by molar-refractivity contribution is 5.34. The third kappa shape index (κ3) is 3.23. The van der Waals surface area contributed by atoms with E-state index in [1.807, 2.05) is 0 Å². The minimum Gasteiger partial charge on any atom is -0.381 e. The van der Waals surface area contributed by atoms with Crippen LogP contribution in [0.5, 0.6) is 0 Å². The molecule has 0 amide bonds. The van der Waals surface area contributed by atoms with Crippen molar-refractivity contribution < 1.29 is 4.74 Å². The normalized spacial score (nSPS) is 30.5. The molecule has 1 spiro atoms. The first-order valence-corrected chi connectivity index (χ1v) is 10.9. The van der Waals surface area contributed by atoms with Crippen molar-refractivity contribution in [3.8, 4) is 0 Å². The zero-order chi connectivity index (χ0) is 17.4. The molecule has 1 aromatic carbocycles. The zero-order valence-corrected chi connectivity index (χ0v) is 16.1. The molecule has 0 aromatic heterocycles. The van der Waals surface area contributed by atoms with Crippen molar-refractivity contribution in [3.05, 3.63) is 35.4 Å². The number of piperidine rings is 1. The summed E-state index contributed by atoms with van der Waals surface area (Å²) in [6.45, 7) is 7.05. The van der Waals surface area contributed by atoms with Gasteiger partial charge in [0.05, 0.1) is 0 Å². The van der Waals surface area contributed by atoms with Crippen molar-refractivity contribution in [1.82, 2.24) is 10.2 Å². The summed E-state index contributed by atoms with van der Waals surface area (Å²) in [4.78, 5) is 2.83. The number of likely N-dealkylation sites (tertiary alicyclic amines) is 1. The van der Waals surface area contributed by atoms with E-state index in [4.69, 9.17) is 4.74 Å². The van der Waals surface area contributed by atoms with Gasteiger partial charge in [0.1, 0.15) is 0 Å². The standard InChI is InChI=1S/C23H34N2O/c1-2-4-22(19-8-13-26-14-9-19)21(3-1)18-6-11-25(12-7-18)20-5-10-23(15-20)16-24-17-23/h1-4,18-20,24H,5-17H2. The molecule has 4 fully saturated rings. The van der Waals surface area contributed by atoms with E-state index in [-0.39, 0.29) is 0 Å².